The minimum atomic E-state index is -5.13. The largest absolute Gasteiger partial charge is 0.451 e. The van der Waals surface area contributed by atoms with E-state index in [0.717, 1.165) is 12.1 Å². The number of nitrogens with zero attached hydrogens (tertiary/aromatic N) is 5. The first-order valence-electron chi connectivity index (χ1n) is 8.58. The first kappa shape index (κ1) is 23.9. The van der Waals surface area contributed by atoms with Crippen LogP contribution in [0, 0.1) is 17.2 Å². The second-order valence-electron chi connectivity index (χ2n) is 6.42. The van der Waals surface area contributed by atoms with Crippen LogP contribution < -0.4 is 10.3 Å². The number of hydrogen-bond donors (Lipinski definition) is 0. The average Bonchev–Trinajstić information content (AvgIpc) is 2.70. The molecule has 3 rings (SSSR count). The molecule has 1 aliphatic rings. The number of alkyl halides is 6. The molecule has 0 saturated carbocycles. The first-order chi connectivity index (χ1) is 15.3. The number of rotatable bonds is 4. The summed E-state index contributed by atoms with van der Waals surface area (Å²) in [5, 5.41) is 8.90. The Bertz CT molecular complexity index is 1280. The fourth-order valence-corrected chi connectivity index (χ4v) is 2.84. The average molecular weight is 492 g/mol. The standard InChI is InChI=1S/C18H8ClF6N5O3/c19-10-1-8(4-26)2-11(3-10)33-12-13(17(20,21)22)28-7-30(15(12)32)6-9-5-27-16(18(23,24)25)29-14(9)31/h1-3,5,7,9H,6H2. The maximum Gasteiger partial charge on any atom is 0.451 e. The van der Waals surface area contributed by atoms with Gasteiger partial charge in [0.25, 0.3) is 11.5 Å². The van der Waals surface area contributed by atoms with Gasteiger partial charge in [0.15, 0.2) is 5.69 Å². The molecule has 1 aromatic heterocycles. The second kappa shape index (κ2) is 8.66. The summed E-state index contributed by atoms with van der Waals surface area (Å²) < 4.78 is 83.6. The molecule has 1 amide bonds. The van der Waals surface area contributed by atoms with Gasteiger partial charge in [0.05, 0.1) is 23.9 Å². The molecule has 0 saturated heterocycles. The van der Waals surface area contributed by atoms with Crippen molar-refractivity contribution < 1.29 is 35.9 Å². The Labute approximate surface area is 184 Å². The number of ether oxygens (including phenoxy) is 1. The highest BCUT2D eigenvalue weighted by atomic mass is 35.5. The van der Waals surface area contributed by atoms with Gasteiger partial charge in [-0.1, -0.05) is 11.6 Å². The van der Waals surface area contributed by atoms with Crippen LogP contribution in [0.5, 0.6) is 11.5 Å². The Morgan fingerprint density at radius 2 is 1.82 bits per heavy atom. The Balaban J connectivity index is 2.00. The highest BCUT2D eigenvalue weighted by molar-refractivity contribution is 6.30. The number of nitriles is 1. The van der Waals surface area contributed by atoms with Crippen LogP contribution in [0.4, 0.5) is 26.3 Å². The molecule has 0 bridgehead atoms. The quantitative estimate of drug-likeness (QED) is 0.605. The van der Waals surface area contributed by atoms with Gasteiger partial charge in [-0.05, 0) is 18.2 Å². The van der Waals surface area contributed by atoms with Crippen molar-refractivity contribution in [2.45, 2.75) is 18.9 Å². The summed E-state index contributed by atoms with van der Waals surface area (Å²) in [6.07, 6.45) is -9.07. The number of aliphatic imine (C=N–C) groups is 2. The molecule has 0 spiro atoms. The van der Waals surface area contributed by atoms with Gasteiger partial charge >= 0.3 is 12.4 Å². The second-order valence-corrected chi connectivity index (χ2v) is 6.86. The monoisotopic (exact) mass is 491 g/mol. The van der Waals surface area contributed by atoms with E-state index in [1.807, 2.05) is 0 Å². The van der Waals surface area contributed by atoms with E-state index in [4.69, 9.17) is 21.6 Å². The maximum absolute atomic E-state index is 13.4. The number of carbonyl (C=O) groups excluding carboxylic acids is 1. The third-order valence-electron chi connectivity index (χ3n) is 4.04. The molecule has 1 aliphatic heterocycles. The zero-order chi connectivity index (χ0) is 24.6. The number of halogens is 7. The van der Waals surface area contributed by atoms with E-state index in [2.05, 4.69) is 15.0 Å². The highest BCUT2D eigenvalue weighted by Crippen LogP contribution is 2.35. The van der Waals surface area contributed by atoms with E-state index >= 15 is 0 Å². The summed E-state index contributed by atoms with van der Waals surface area (Å²) >= 11 is 5.79. The molecule has 2 aromatic rings. The van der Waals surface area contributed by atoms with Crippen LogP contribution in [0.25, 0.3) is 0 Å². The van der Waals surface area contributed by atoms with Gasteiger partial charge in [0, 0.05) is 17.8 Å². The van der Waals surface area contributed by atoms with Crippen LogP contribution in [-0.2, 0) is 17.5 Å². The smallest absolute Gasteiger partial charge is 0.449 e. The molecule has 1 aromatic carbocycles. The van der Waals surface area contributed by atoms with Crippen LogP contribution in [0.15, 0.2) is 39.3 Å². The van der Waals surface area contributed by atoms with Crippen LogP contribution in [0.3, 0.4) is 0 Å². The van der Waals surface area contributed by atoms with Crippen molar-refractivity contribution in [3.05, 3.63) is 51.2 Å². The van der Waals surface area contributed by atoms with Gasteiger partial charge < -0.3 is 4.74 Å². The van der Waals surface area contributed by atoms with Crippen molar-refractivity contribution in [3.8, 4) is 17.6 Å². The molecule has 0 aliphatic carbocycles. The molecule has 33 heavy (non-hydrogen) atoms. The lowest BCUT2D eigenvalue weighted by Crippen LogP contribution is -2.34. The van der Waals surface area contributed by atoms with Crippen molar-refractivity contribution in [3.63, 3.8) is 0 Å². The molecule has 0 radical (unpaired) electrons. The normalized spacial score (nSPS) is 16.4. The Hall–Kier alpha value is -3.73. The van der Waals surface area contributed by atoms with Crippen molar-refractivity contribution >= 4 is 29.6 Å². The zero-order valence-electron chi connectivity index (χ0n) is 15.8. The van der Waals surface area contributed by atoms with Crippen LogP contribution >= 0.6 is 11.6 Å². The Morgan fingerprint density at radius 3 is 2.39 bits per heavy atom. The van der Waals surface area contributed by atoms with Crippen LogP contribution in [0.1, 0.15) is 11.3 Å². The van der Waals surface area contributed by atoms with E-state index in [-0.39, 0.29) is 16.3 Å². The lowest BCUT2D eigenvalue weighted by atomic mass is 10.1. The molecule has 1 unspecified atom stereocenters. The van der Waals surface area contributed by atoms with E-state index in [1.54, 1.807) is 6.07 Å². The third kappa shape index (κ3) is 5.37. The first-order valence-corrected chi connectivity index (χ1v) is 8.96. The van der Waals surface area contributed by atoms with E-state index in [0.29, 0.717) is 17.1 Å². The molecule has 0 N–H and O–H groups in total. The van der Waals surface area contributed by atoms with Gasteiger partial charge in [-0.3, -0.25) is 14.2 Å². The molecule has 0 fully saturated rings. The predicted molar refractivity (Wildman–Crippen MR) is 100 cm³/mol. The maximum atomic E-state index is 13.4. The van der Waals surface area contributed by atoms with E-state index < -0.39 is 53.6 Å². The number of aromatic nitrogens is 2. The molecular formula is C18H8ClF6N5O3. The Morgan fingerprint density at radius 1 is 1.12 bits per heavy atom. The SMILES string of the molecule is N#Cc1cc(Cl)cc(Oc2c(C(F)(F)F)ncn(CC3C=NC(C(F)(F)F)=NC3=O)c2=O)c1. The van der Waals surface area contributed by atoms with Gasteiger partial charge in [-0.2, -0.15) is 36.6 Å². The molecule has 15 heteroatoms. The summed E-state index contributed by atoms with van der Waals surface area (Å²) in [4.78, 5) is 33.6. The van der Waals surface area contributed by atoms with Gasteiger partial charge in [0.1, 0.15) is 5.75 Å². The molecule has 1 atom stereocenters. The Kier molecular flexibility index (Phi) is 6.28. The van der Waals surface area contributed by atoms with Gasteiger partial charge in [0.2, 0.25) is 11.6 Å². The predicted octanol–water partition coefficient (Wildman–Crippen LogP) is 3.77. The lowest BCUT2D eigenvalue weighted by molar-refractivity contribution is -0.142. The number of benzene rings is 1. The van der Waals surface area contributed by atoms with Crippen molar-refractivity contribution in [2.24, 2.45) is 15.9 Å². The number of carbonyl (C=O) groups is 1. The molecule has 172 valence electrons. The number of amides is 1. The summed E-state index contributed by atoms with van der Waals surface area (Å²) in [6, 6.07) is 4.97. The zero-order valence-corrected chi connectivity index (χ0v) is 16.5. The lowest BCUT2D eigenvalue weighted by Gasteiger charge is -2.18. The summed E-state index contributed by atoms with van der Waals surface area (Å²) in [5.74, 6) is -6.15. The van der Waals surface area contributed by atoms with Gasteiger partial charge in [-0.15, -0.1) is 0 Å². The fourth-order valence-electron chi connectivity index (χ4n) is 2.61. The number of amidine groups is 1. The van der Waals surface area contributed by atoms with Crippen LogP contribution in [0.2, 0.25) is 5.02 Å². The topological polar surface area (TPSA) is 110 Å². The summed E-state index contributed by atoms with van der Waals surface area (Å²) in [5.41, 5.74) is -3.18. The minimum Gasteiger partial charge on any atom is -0.449 e. The molecular weight excluding hydrogens is 484 g/mol. The van der Waals surface area contributed by atoms with Crippen molar-refractivity contribution in [2.75, 3.05) is 0 Å². The molecule has 8 nitrogen and oxygen atoms in total. The highest BCUT2D eigenvalue weighted by Gasteiger charge is 2.40. The van der Waals surface area contributed by atoms with E-state index in [1.165, 1.54) is 6.07 Å². The summed E-state index contributed by atoms with van der Waals surface area (Å²) in [6.45, 7) is -0.712. The molecule has 2 heterocycles. The van der Waals surface area contributed by atoms with Gasteiger partial charge in [-0.25, -0.2) is 9.98 Å². The van der Waals surface area contributed by atoms with Crippen molar-refractivity contribution in [1.29, 1.82) is 5.26 Å². The number of hydrogen-bond acceptors (Lipinski definition) is 6. The van der Waals surface area contributed by atoms with Crippen LogP contribution in [-0.4, -0.2) is 33.7 Å². The third-order valence-corrected chi connectivity index (χ3v) is 4.26. The van der Waals surface area contributed by atoms with Crippen molar-refractivity contribution in [1.82, 2.24) is 9.55 Å². The summed E-state index contributed by atoms with van der Waals surface area (Å²) in [7, 11) is 0. The fraction of sp³-hybridized carbons (Fsp3) is 0.222. The minimum absolute atomic E-state index is 0.0656. The van der Waals surface area contributed by atoms with E-state index in [9.17, 15) is 35.9 Å².